The van der Waals surface area contributed by atoms with Crippen LogP contribution in [0.5, 0.6) is 5.75 Å². The van der Waals surface area contributed by atoms with Crippen molar-refractivity contribution in [3.8, 4) is 5.75 Å². The Hall–Kier alpha value is -2.70. The first-order chi connectivity index (χ1) is 15.5. The minimum absolute atomic E-state index is 0.101. The van der Waals surface area contributed by atoms with Crippen molar-refractivity contribution in [1.29, 1.82) is 0 Å². The van der Waals surface area contributed by atoms with E-state index in [1.165, 1.54) is 25.3 Å². The number of carbonyl (C=O) groups is 2. The van der Waals surface area contributed by atoms with Crippen LogP contribution in [-0.4, -0.2) is 61.4 Å². The van der Waals surface area contributed by atoms with E-state index in [0.717, 1.165) is 37.6 Å². The number of Topliss-reactive ketones (excluding diaryl/α,β-unsaturated/α-hetero) is 1. The van der Waals surface area contributed by atoms with Crippen molar-refractivity contribution >= 4 is 11.7 Å². The smallest absolute Gasteiger partial charge is 0.255 e. The van der Waals surface area contributed by atoms with Gasteiger partial charge in [-0.15, -0.1) is 0 Å². The fourth-order valence-corrected chi connectivity index (χ4v) is 4.79. The van der Waals surface area contributed by atoms with Crippen LogP contribution in [0.1, 0.15) is 51.6 Å². The number of fused-ring (bicyclic) bond motifs is 1. The lowest BCUT2D eigenvalue weighted by Crippen LogP contribution is -2.36. The molecule has 6 heteroatoms. The van der Waals surface area contributed by atoms with Gasteiger partial charge >= 0.3 is 0 Å². The quantitative estimate of drug-likeness (QED) is 0.645. The molecule has 2 aliphatic heterocycles. The highest BCUT2D eigenvalue weighted by Crippen LogP contribution is 2.27. The number of ketones is 1. The van der Waals surface area contributed by atoms with Crippen molar-refractivity contribution in [2.24, 2.45) is 5.92 Å². The summed E-state index contributed by atoms with van der Waals surface area (Å²) in [7, 11) is 1.77. The second-order valence-corrected chi connectivity index (χ2v) is 8.82. The Labute approximate surface area is 190 Å². The van der Waals surface area contributed by atoms with Crippen molar-refractivity contribution in [2.75, 3.05) is 40.0 Å². The molecule has 0 aliphatic carbocycles. The molecule has 1 unspecified atom stereocenters. The summed E-state index contributed by atoms with van der Waals surface area (Å²) in [6.07, 6.45) is 2.42. The highest BCUT2D eigenvalue weighted by atomic mass is 16.5. The van der Waals surface area contributed by atoms with Crippen LogP contribution in [0.4, 0.5) is 0 Å². The molecule has 1 fully saturated rings. The van der Waals surface area contributed by atoms with E-state index in [0.29, 0.717) is 36.7 Å². The lowest BCUT2D eigenvalue weighted by atomic mass is 9.98. The van der Waals surface area contributed by atoms with Crippen molar-refractivity contribution in [2.45, 2.75) is 32.9 Å². The van der Waals surface area contributed by atoms with E-state index >= 15 is 0 Å². The first-order valence-corrected chi connectivity index (χ1v) is 11.4. The summed E-state index contributed by atoms with van der Waals surface area (Å²) in [4.78, 5) is 29.6. The molecule has 4 rings (SSSR count). The van der Waals surface area contributed by atoms with Crippen LogP contribution in [0, 0.1) is 5.92 Å². The Balaban J connectivity index is 1.50. The normalized spacial score (nSPS) is 19.1. The van der Waals surface area contributed by atoms with Gasteiger partial charge in [-0.3, -0.25) is 14.5 Å². The first kappa shape index (κ1) is 22.5. The molecule has 0 spiro atoms. The minimum Gasteiger partial charge on any atom is -0.491 e. The minimum atomic E-state index is -0.129. The number of ether oxygens (including phenoxy) is 2. The van der Waals surface area contributed by atoms with Crippen molar-refractivity contribution in [3.05, 3.63) is 64.7 Å². The van der Waals surface area contributed by atoms with Crippen LogP contribution in [0.2, 0.25) is 0 Å². The van der Waals surface area contributed by atoms with Crippen LogP contribution in [0.25, 0.3) is 0 Å². The van der Waals surface area contributed by atoms with Gasteiger partial charge in [-0.1, -0.05) is 24.3 Å². The van der Waals surface area contributed by atoms with Crippen LogP contribution >= 0.6 is 0 Å². The molecule has 0 radical (unpaired) electrons. The maximum absolute atomic E-state index is 13.3. The Morgan fingerprint density at radius 3 is 2.72 bits per heavy atom. The average Bonchev–Trinajstić information content (AvgIpc) is 3.01. The number of benzene rings is 2. The summed E-state index contributed by atoms with van der Waals surface area (Å²) in [6, 6.07) is 13.4. The van der Waals surface area contributed by atoms with Crippen LogP contribution in [-0.2, 0) is 17.8 Å². The lowest BCUT2D eigenvalue weighted by molar-refractivity contribution is 0.0729. The largest absolute Gasteiger partial charge is 0.491 e. The van der Waals surface area contributed by atoms with Gasteiger partial charge in [-0.05, 0) is 56.0 Å². The number of nitrogens with zero attached hydrogens (tertiary/aromatic N) is 2. The number of carbonyl (C=O) groups excluding carboxylic acids is 2. The van der Waals surface area contributed by atoms with Crippen LogP contribution < -0.4 is 4.74 Å². The molecule has 2 aliphatic rings. The SMILES string of the molecule is COCC1CCCN(Cc2ccc3c(c2)CN(C(=O)c2ccccc2C(C)=O)CCO3)C1. The summed E-state index contributed by atoms with van der Waals surface area (Å²) < 4.78 is 11.3. The van der Waals surface area contributed by atoms with E-state index in [-0.39, 0.29) is 11.7 Å². The average molecular weight is 437 g/mol. The van der Waals surface area contributed by atoms with E-state index in [2.05, 4.69) is 17.0 Å². The van der Waals surface area contributed by atoms with Crippen molar-refractivity contribution in [1.82, 2.24) is 9.80 Å². The third-order valence-corrected chi connectivity index (χ3v) is 6.34. The zero-order valence-electron chi connectivity index (χ0n) is 19.0. The van der Waals surface area contributed by atoms with Gasteiger partial charge in [0.1, 0.15) is 12.4 Å². The summed E-state index contributed by atoms with van der Waals surface area (Å²) in [6.45, 7) is 6.73. The van der Waals surface area contributed by atoms with E-state index in [1.54, 1.807) is 36.3 Å². The van der Waals surface area contributed by atoms with Crippen molar-refractivity contribution in [3.63, 3.8) is 0 Å². The van der Waals surface area contributed by atoms with Crippen LogP contribution in [0.3, 0.4) is 0 Å². The molecular formula is C26H32N2O4. The van der Waals surface area contributed by atoms with Gasteiger partial charge < -0.3 is 14.4 Å². The molecule has 0 bridgehead atoms. The molecule has 6 nitrogen and oxygen atoms in total. The maximum Gasteiger partial charge on any atom is 0.255 e. The van der Waals surface area contributed by atoms with Crippen molar-refractivity contribution < 1.29 is 19.1 Å². The maximum atomic E-state index is 13.3. The molecule has 32 heavy (non-hydrogen) atoms. The second-order valence-electron chi connectivity index (χ2n) is 8.82. The Morgan fingerprint density at radius 2 is 1.94 bits per heavy atom. The topological polar surface area (TPSA) is 59.1 Å². The molecule has 1 amide bonds. The number of hydrogen-bond donors (Lipinski definition) is 0. The highest BCUT2D eigenvalue weighted by Gasteiger charge is 2.25. The van der Waals surface area contributed by atoms with Gasteiger partial charge in [-0.2, -0.15) is 0 Å². The van der Waals surface area contributed by atoms with E-state index < -0.39 is 0 Å². The number of likely N-dealkylation sites (tertiary alicyclic amines) is 1. The summed E-state index contributed by atoms with van der Waals surface area (Å²) in [5.41, 5.74) is 3.16. The van der Waals surface area contributed by atoms with Gasteiger partial charge in [0.25, 0.3) is 5.91 Å². The van der Waals surface area contributed by atoms with Gasteiger partial charge in [-0.25, -0.2) is 0 Å². The fraction of sp³-hybridized carbons (Fsp3) is 0.462. The van der Waals surface area contributed by atoms with Gasteiger partial charge in [0, 0.05) is 37.9 Å². The summed E-state index contributed by atoms with van der Waals surface area (Å²) in [5, 5.41) is 0. The van der Waals surface area contributed by atoms with E-state index in [1.807, 2.05) is 6.07 Å². The molecule has 1 saturated heterocycles. The number of methoxy groups -OCH3 is 1. The molecule has 0 aromatic heterocycles. The standard InChI is InChI=1S/C26H32N2O4/c1-19(29)23-7-3-4-8-24(23)26(30)28-12-13-32-25-10-9-20(14-22(25)17-28)15-27-11-5-6-21(16-27)18-31-2/h3-4,7-10,14,21H,5-6,11-13,15-18H2,1-2H3. The molecule has 0 N–H and O–H groups in total. The number of piperidine rings is 1. The Kier molecular flexibility index (Phi) is 7.22. The fourth-order valence-electron chi connectivity index (χ4n) is 4.79. The molecule has 2 aromatic rings. The Morgan fingerprint density at radius 1 is 1.12 bits per heavy atom. The third-order valence-electron chi connectivity index (χ3n) is 6.34. The molecule has 170 valence electrons. The molecule has 2 heterocycles. The zero-order chi connectivity index (χ0) is 22.5. The molecule has 1 atom stereocenters. The lowest BCUT2D eigenvalue weighted by Gasteiger charge is -2.32. The summed E-state index contributed by atoms with van der Waals surface area (Å²) >= 11 is 0. The van der Waals surface area contributed by atoms with Gasteiger partial charge in [0.2, 0.25) is 0 Å². The molecule has 0 saturated carbocycles. The van der Waals surface area contributed by atoms with E-state index in [4.69, 9.17) is 9.47 Å². The van der Waals surface area contributed by atoms with Gasteiger partial charge in [0.05, 0.1) is 18.7 Å². The monoisotopic (exact) mass is 436 g/mol. The number of amides is 1. The predicted octanol–water partition coefficient (Wildman–Crippen LogP) is 3.78. The van der Waals surface area contributed by atoms with Gasteiger partial charge in [0.15, 0.2) is 5.78 Å². The number of rotatable bonds is 6. The van der Waals surface area contributed by atoms with Crippen LogP contribution in [0.15, 0.2) is 42.5 Å². The Bertz CT molecular complexity index is 972. The first-order valence-electron chi connectivity index (χ1n) is 11.4. The van der Waals surface area contributed by atoms with E-state index in [9.17, 15) is 9.59 Å². The zero-order valence-corrected chi connectivity index (χ0v) is 19.0. The summed E-state index contributed by atoms with van der Waals surface area (Å²) in [5.74, 6) is 1.19. The second kappa shape index (κ2) is 10.3. The number of hydrogen-bond acceptors (Lipinski definition) is 5. The molecular weight excluding hydrogens is 404 g/mol. The predicted molar refractivity (Wildman–Crippen MR) is 123 cm³/mol. The third kappa shape index (κ3) is 5.19. The molecule has 2 aromatic carbocycles. The highest BCUT2D eigenvalue weighted by molar-refractivity contribution is 6.07.